The van der Waals surface area contributed by atoms with Gasteiger partial charge in [-0.1, -0.05) is 18.2 Å². The molecule has 0 aromatic heterocycles. The minimum absolute atomic E-state index is 0.638. The van der Waals surface area contributed by atoms with Crippen molar-refractivity contribution < 1.29 is 13.2 Å². The molecule has 0 atom stereocenters. The molecular weight excluding hydrogens is 199 g/mol. The molecule has 0 fully saturated rings. The van der Waals surface area contributed by atoms with Crippen LogP contribution in [0.2, 0.25) is 0 Å². The minimum Gasteiger partial charge on any atom is -0.329 e. The van der Waals surface area contributed by atoms with Gasteiger partial charge in [-0.2, -0.15) is 13.2 Å². The molecule has 1 aromatic carbocycles. The Balaban J connectivity index is 2.29. The number of hydrogen-bond donors (Lipinski definition) is 1. The van der Waals surface area contributed by atoms with E-state index in [2.05, 4.69) is 4.72 Å². The van der Waals surface area contributed by atoms with Gasteiger partial charge in [0.05, 0.1) is 0 Å². The van der Waals surface area contributed by atoms with Gasteiger partial charge in [0, 0.05) is 5.69 Å². The Morgan fingerprint density at radius 1 is 1.15 bits per heavy atom. The molecule has 0 aliphatic rings. The molecular formula is C8H8F3NS. The molecule has 0 heterocycles. The van der Waals surface area contributed by atoms with E-state index in [1.165, 1.54) is 0 Å². The summed E-state index contributed by atoms with van der Waals surface area (Å²) >= 11 is 0.638. The number of alkyl halides is 3. The van der Waals surface area contributed by atoms with Crippen LogP contribution >= 0.6 is 11.9 Å². The van der Waals surface area contributed by atoms with E-state index in [0.717, 1.165) is 0 Å². The first-order valence-corrected chi connectivity index (χ1v) is 4.56. The molecule has 0 saturated carbocycles. The van der Waals surface area contributed by atoms with Crippen molar-refractivity contribution in [3.8, 4) is 0 Å². The summed E-state index contributed by atoms with van der Waals surface area (Å²) in [5.74, 6) is -0.887. The smallest absolute Gasteiger partial charge is 0.329 e. The molecule has 13 heavy (non-hydrogen) atoms. The summed E-state index contributed by atoms with van der Waals surface area (Å²) < 4.78 is 37.7. The molecule has 1 nitrogen and oxygen atoms in total. The first-order chi connectivity index (χ1) is 6.08. The van der Waals surface area contributed by atoms with Crippen molar-refractivity contribution in [2.45, 2.75) is 6.18 Å². The fourth-order valence-electron chi connectivity index (χ4n) is 0.707. The van der Waals surface area contributed by atoms with Gasteiger partial charge in [0.15, 0.2) is 0 Å². The van der Waals surface area contributed by atoms with Crippen LogP contribution in [0.15, 0.2) is 30.3 Å². The Kier molecular flexibility index (Phi) is 3.48. The van der Waals surface area contributed by atoms with Crippen molar-refractivity contribution >= 4 is 17.6 Å². The molecule has 1 rings (SSSR count). The van der Waals surface area contributed by atoms with E-state index >= 15 is 0 Å². The molecule has 72 valence electrons. The third kappa shape index (κ3) is 4.67. The van der Waals surface area contributed by atoms with Crippen molar-refractivity contribution in [2.75, 3.05) is 10.5 Å². The summed E-state index contributed by atoms with van der Waals surface area (Å²) in [6.45, 7) is 0. The molecule has 0 aliphatic carbocycles. The van der Waals surface area contributed by atoms with E-state index in [4.69, 9.17) is 0 Å². The second-order valence-corrected chi connectivity index (χ2v) is 3.15. The fourth-order valence-corrected chi connectivity index (χ4v) is 1.25. The van der Waals surface area contributed by atoms with Gasteiger partial charge in [0.25, 0.3) is 0 Å². The van der Waals surface area contributed by atoms with Crippen LogP contribution in [0.1, 0.15) is 0 Å². The van der Waals surface area contributed by atoms with Crippen molar-refractivity contribution in [1.82, 2.24) is 0 Å². The molecule has 0 saturated heterocycles. The van der Waals surface area contributed by atoms with Crippen LogP contribution in [-0.4, -0.2) is 11.9 Å². The van der Waals surface area contributed by atoms with E-state index in [9.17, 15) is 13.2 Å². The van der Waals surface area contributed by atoms with Crippen molar-refractivity contribution in [1.29, 1.82) is 0 Å². The van der Waals surface area contributed by atoms with Crippen molar-refractivity contribution in [2.24, 2.45) is 0 Å². The largest absolute Gasteiger partial charge is 0.399 e. The SMILES string of the molecule is FC(F)(F)CSNc1ccccc1. The highest BCUT2D eigenvalue weighted by Gasteiger charge is 2.26. The lowest BCUT2D eigenvalue weighted by atomic mass is 10.3. The van der Waals surface area contributed by atoms with Gasteiger partial charge in [0.1, 0.15) is 5.75 Å². The Morgan fingerprint density at radius 3 is 2.31 bits per heavy atom. The van der Waals surface area contributed by atoms with Crippen LogP contribution in [0.25, 0.3) is 0 Å². The predicted octanol–water partition coefficient (Wildman–Crippen LogP) is 3.31. The number of para-hydroxylation sites is 1. The molecule has 0 spiro atoms. The van der Waals surface area contributed by atoms with Crippen LogP contribution in [-0.2, 0) is 0 Å². The topological polar surface area (TPSA) is 12.0 Å². The molecule has 0 unspecified atom stereocenters. The van der Waals surface area contributed by atoms with Crippen molar-refractivity contribution in [3.63, 3.8) is 0 Å². The van der Waals surface area contributed by atoms with Crippen LogP contribution < -0.4 is 4.72 Å². The highest BCUT2D eigenvalue weighted by atomic mass is 32.2. The fraction of sp³-hybridized carbons (Fsp3) is 0.250. The van der Waals surface area contributed by atoms with Gasteiger partial charge in [-0.3, -0.25) is 0 Å². The number of benzene rings is 1. The first-order valence-electron chi connectivity index (χ1n) is 3.57. The van der Waals surface area contributed by atoms with Crippen LogP contribution in [0.4, 0.5) is 18.9 Å². The van der Waals surface area contributed by atoms with Crippen LogP contribution in [0.3, 0.4) is 0 Å². The maximum Gasteiger partial charge on any atom is 0.399 e. The summed E-state index contributed by atoms with van der Waals surface area (Å²) in [5.41, 5.74) is 0.678. The number of anilines is 1. The Labute approximate surface area is 78.5 Å². The predicted molar refractivity (Wildman–Crippen MR) is 48.6 cm³/mol. The normalized spacial score (nSPS) is 11.3. The van der Waals surface area contributed by atoms with Gasteiger partial charge in [-0.25, -0.2) is 0 Å². The van der Waals surface area contributed by atoms with Crippen LogP contribution in [0, 0.1) is 0 Å². The quantitative estimate of drug-likeness (QED) is 0.763. The third-order valence-corrected chi connectivity index (χ3v) is 2.05. The second-order valence-electron chi connectivity index (χ2n) is 2.37. The van der Waals surface area contributed by atoms with E-state index in [1.54, 1.807) is 30.3 Å². The average molecular weight is 207 g/mol. The average Bonchev–Trinajstić information content (AvgIpc) is 2.04. The Bertz CT molecular complexity index is 247. The molecule has 0 radical (unpaired) electrons. The highest BCUT2D eigenvalue weighted by Crippen LogP contribution is 2.22. The van der Waals surface area contributed by atoms with E-state index in [0.29, 0.717) is 17.6 Å². The van der Waals surface area contributed by atoms with Gasteiger partial charge in [0.2, 0.25) is 0 Å². The van der Waals surface area contributed by atoms with Gasteiger partial charge >= 0.3 is 6.18 Å². The number of nitrogens with one attached hydrogen (secondary N) is 1. The van der Waals surface area contributed by atoms with E-state index < -0.39 is 11.9 Å². The molecule has 1 aromatic rings. The standard InChI is InChI=1S/C8H8F3NS/c9-8(10,11)6-13-12-7-4-2-1-3-5-7/h1-5,12H,6H2. The minimum atomic E-state index is -4.12. The maximum atomic E-state index is 11.7. The molecule has 0 bridgehead atoms. The highest BCUT2D eigenvalue weighted by molar-refractivity contribution is 8.00. The van der Waals surface area contributed by atoms with Gasteiger partial charge < -0.3 is 4.72 Å². The monoisotopic (exact) mass is 207 g/mol. The zero-order chi connectivity index (χ0) is 9.73. The second kappa shape index (κ2) is 4.41. The first kappa shape index (κ1) is 10.2. The summed E-state index contributed by atoms with van der Waals surface area (Å²) in [5, 5.41) is 0. The van der Waals surface area contributed by atoms with Gasteiger partial charge in [-0.15, -0.1) is 0 Å². The number of hydrogen-bond acceptors (Lipinski definition) is 2. The third-order valence-electron chi connectivity index (χ3n) is 1.20. The molecule has 5 heteroatoms. The lowest BCUT2D eigenvalue weighted by Crippen LogP contribution is -2.12. The van der Waals surface area contributed by atoms with E-state index in [-0.39, 0.29) is 0 Å². The maximum absolute atomic E-state index is 11.7. The molecule has 0 aliphatic heterocycles. The molecule has 1 N–H and O–H groups in total. The summed E-state index contributed by atoms with van der Waals surface area (Å²) in [4.78, 5) is 0. The lowest BCUT2D eigenvalue weighted by molar-refractivity contribution is -0.105. The van der Waals surface area contributed by atoms with Gasteiger partial charge in [-0.05, 0) is 24.1 Å². The zero-order valence-corrected chi connectivity index (χ0v) is 7.45. The zero-order valence-electron chi connectivity index (χ0n) is 6.64. The lowest BCUT2D eigenvalue weighted by Gasteiger charge is -2.07. The summed E-state index contributed by atoms with van der Waals surface area (Å²) in [6, 6.07) is 8.75. The van der Waals surface area contributed by atoms with E-state index in [1.807, 2.05) is 0 Å². The Morgan fingerprint density at radius 2 is 1.77 bits per heavy atom. The Hall–Kier alpha value is -0.840. The van der Waals surface area contributed by atoms with Crippen molar-refractivity contribution in [3.05, 3.63) is 30.3 Å². The van der Waals surface area contributed by atoms with Crippen LogP contribution in [0.5, 0.6) is 0 Å². The molecule has 0 amide bonds. The summed E-state index contributed by atoms with van der Waals surface area (Å²) in [7, 11) is 0. The summed E-state index contributed by atoms with van der Waals surface area (Å²) in [6.07, 6.45) is -4.12. The number of halogens is 3. The number of rotatable bonds is 3.